The van der Waals surface area contributed by atoms with Gasteiger partial charge in [-0.05, 0) is 69.4 Å². The topological polar surface area (TPSA) is 63.6 Å². The van der Waals surface area contributed by atoms with Crippen LogP contribution in [0.15, 0.2) is 23.8 Å². The lowest BCUT2D eigenvalue weighted by Crippen LogP contribution is -2.61. The molecule has 0 spiro atoms. The summed E-state index contributed by atoms with van der Waals surface area (Å²) in [5, 5.41) is 10.7. The van der Waals surface area contributed by atoms with Gasteiger partial charge in [-0.3, -0.25) is 9.59 Å². The number of halogens is 1. The van der Waals surface area contributed by atoms with Crippen molar-refractivity contribution < 1.29 is 23.8 Å². The van der Waals surface area contributed by atoms with Crippen molar-refractivity contribution in [1.82, 2.24) is 0 Å². The van der Waals surface area contributed by atoms with Crippen LogP contribution in [0.5, 0.6) is 0 Å². The van der Waals surface area contributed by atoms with Crippen LogP contribution in [0.25, 0.3) is 0 Å². The highest BCUT2D eigenvalue weighted by atomic mass is 19.1. The molecule has 0 saturated heterocycles. The van der Waals surface area contributed by atoms with E-state index in [1.165, 1.54) is 13.0 Å². The summed E-state index contributed by atoms with van der Waals surface area (Å²) in [4.78, 5) is 23.2. The molecule has 0 aromatic rings. The van der Waals surface area contributed by atoms with E-state index in [2.05, 4.69) is 0 Å². The van der Waals surface area contributed by atoms with Crippen LogP contribution >= 0.6 is 0 Å². The van der Waals surface area contributed by atoms with E-state index in [0.717, 1.165) is 12.0 Å². The van der Waals surface area contributed by atoms with Gasteiger partial charge in [-0.15, -0.1) is 0 Å². The Morgan fingerprint density at radius 2 is 2.08 bits per heavy atom. The summed E-state index contributed by atoms with van der Waals surface area (Å²) in [5.41, 5.74) is -1.82. The molecule has 0 aromatic carbocycles. The summed E-state index contributed by atoms with van der Waals surface area (Å²) in [6.45, 7) is 3.46. The molecule has 3 saturated carbocycles. The summed E-state index contributed by atoms with van der Waals surface area (Å²) < 4.78 is 21.9. The zero-order valence-corrected chi connectivity index (χ0v) is 15.5. The van der Waals surface area contributed by atoms with Crippen LogP contribution in [0.3, 0.4) is 0 Å². The van der Waals surface area contributed by atoms with Crippen molar-refractivity contribution in [2.75, 3.05) is 6.61 Å². The summed E-state index contributed by atoms with van der Waals surface area (Å²) >= 11 is 0. The zero-order chi connectivity index (χ0) is 18.7. The predicted octanol–water partition coefficient (Wildman–Crippen LogP) is 3.29. The Labute approximate surface area is 153 Å². The normalized spacial score (nSPS) is 46.8. The average molecular weight is 362 g/mol. The zero-order valence-electron chi connectivity index (χ0n) is 15.5. The van der Waals surface area contributed by atoms with Crippen LogP contribution in [0.2, 0.25) is 0 Å². The first-order chi connectivity index (χ1) is 12.2. The van der Waals surface area contributed by atoms with Gasteiger partial charge in [0.15, 0.2) is 5.78 Å². The molecule has 0 amide bonds. The lowest BCUT2D eigenvalue weighted by Gasteiger charge is -2.60. The molecule has 6 atom stereocenters. The largest absolute Gasteiger partial charge is 0.465 e. The summed E-state index contributed by atoms with van der Waals surface area (Å²) in [6, 6.07) is 0. The maximum Gasteiger partial charge on any atom is 0.302 e. The molecule has 26 heavy (non-hydrogen) atoms. The van der Waals surface area contributed by atoms with Gasteiger partial charge < -0.3 is 9.84 Å². The molecule has 0 radical (unpaired) electrons. The van der Waals surface area contributed by atoms with Crippen molar-refractivity contribution >= 4 is 11.8 Å². The van der Waals surface area contributed by atoms with Crippen LogP contribution in [-0.4, -0.2) is 35.2 Å². The number of rotatable bonds is 2. The van der Waals surface area contributed by atoms with Gasteiger partial charge in [0, 0.05) is 17.8 Å². The first-order valence-electron chi connectivity index (χ1n) is 9.67. The number of allylic oxidation sites excluding steroid dienone is 4. The maximum absolute atomic E-state index is 16.6. The van der Waals surface area contributed by atoms with Crippen molar-refractivity contribution in [1.29, 1.82) is 0 Å². The number of hydrogen-bond donors (Lipinski definition) is 1. The number of esters is 1. The van der Waals surface area contributed by atoms with Gasteiger partial charge in [0.1, 0.15) is 5.67 Å². The minimum atomic E-state index is -1.43. The van der Waals surface area contributed by atoms with Gasteiger partial charge in [0.25, 0.3) is 0 Å². The third-order valence-corrected chi connectivity index (χ3v) is 7.88. The van der Waals surface area contributed by atoms with E-state index in [-0.39, 0.29) is 30.2 Å². The van der Waals surface area contributed by atoms with Crippen LogP contribution in [-0.2, 0) is 14.3 Å². The average Bonchev–Trinajstić information content (AvgIpc) is 2.92. The third kappa shape index (κ3) is 2.22. The monoisotopic (exact) mass is 362 g/mol. The number of aliphatic hydroxyl groups is 1. The molecule has 0 aliphatic heterocycles. The van der Waals surface area contributed by atoms with Crippen molar-refractivity contribution in [2.45, 2.75) is 64.1 Å². The van der Waals surface area contributed by atoms with Gasteiger partial charge in [0.2, 0.25) is 0 Å². The van der Waals surface area contributed by atoms with Crippen molar-refractivity contribution in [3.63, 3.8) is 0 Å². The molecule has 142 valence electrons. The van der Waals surface area contributed by atoms with Crippen LogP contribution < -0.4 is 0 Å². The van der Waals surface area contributed by atoms with Crippen LogP contribution in [0.4, 0.5) is 4.39 Å². The Morgan fingerprint density at radius 1 is 1.31 bits per heavy atom. The van der Waals surface area contributed by atoms with E-state index in [9.17, 15) is 14.7 Å². The molecule has 3 fully saturated rings. The second kappa shape index (κ2) is 5.75. The molecule has 4 aliphatic rings. The molecule has 5 heteroatoms. The number of aliphatic hydroxyl groups excluding tert-OH is 1. The Bertz CT molecular complexity index is 713. The number of carbonyl (C=O) groups is 2. The number of ether oxygens (including phenoxy) is 1. The molecule has 0 heterocycles. The predicted molar refractivity (Wildman–Crippen MR) is 93.9 cm³/mol. The Kier molecular flexibility index (Phi) is 3.96. The number of hydrogen-bond acceptors (Lipinski definition) is 4. The second-order valence-electron chi connectivity index (χ2n) is 8.83. The van der Waals surface area contributed by atoms with Crippen molar-refractivity contribution in [2.24, 2.45) is 22.7 Å². The lowest BCUT2D eigenvalue weighted by atomic mass is 9.46. The lowest BCUT2D eigenvalue weighted by molar-refractivity contribution is -0.171. The molecule has 4 nitrogen and oxygen atoms in total. The molecule has 0 bridgehead atoms. The number of carbonyl (C=O) groups excluding carboxylic acids is 2. The fraction of sp³-hybridized carbons (Fsp3) is 0.714. The van der Waals surface area contributed by atoms with E-state index in [0.29, 0.717) is 32.1 Å². The van der Waals surface area contributed by atoms with E-state index >= 15 is 4.39 Å². The Balaban J connectivity index is 1.71. The summed E-state index contributed by atoms with van der Waals surface area (Å²) in [5.74, 6) is -0.608. The van der Waals surface area contributed by atoms with E-state index in [1.807, 2.05) is 6.92 Å². The number of ketones is 1. The minimum absolute atomic E-state index is 0.00000283. The highest BCUT2D eigenvalue weighted by Crippen LogP contribution is 2.67. The molecule has 4 rings (SSSR count). The van der Waals surface area contributed by atoms with Gasteiger partial charge in [-0.25, -0.2) is 4.39 Å². The Hall–Kier alpha value is -1.49. The van der Waals surface area contributed by atoms with Crippen LogP contribution in [0.1, 0.15) is 52.4 Å². The van der Waals surface area contributed by atoms with E-state index in [1.54, 1.807) is 12.2 Å². The fourth-order valence-electron chi connectivity index (χ4n) is 6.39. The van der Waals surface area contributed by atoms with Crippen LogP contribution in [0, 0.1) is 22.7 Å². The quantitative estimate of drug-likeness (QED) is 0.766. The molecule has 0 aromatic heterocycles. The SMILES string of the molecule is CC(=O)OC[C@]12CC[C@@]3(F)[C@@H](CCC4=CC(=O)C=C[C@@]43C)[C@@H]1CCC2O. The minimum Gasteiger partial charge on any atom is -0.465 e. The maximum atomic E-state index is 16.6. The molecule has 4 aliphatic carbocycles. The first kappa shape index (κ1) is 17.9. The molecular formula is C21H27FO4. The molecule has 1 unspecified atom stereocenters. The van der Waals surface area contributed by atoms with Gasteiger partial charge in [-0.2, -0.15) is 0 Å². The van der Waals surface area contributed by atoms with E-state index < -0.39 is 22.6 Å². The first-order valence-corrected chi connectivity index (χ1v) is 9.67. The van der Waals surface area contributed by atoms with Gasteiger partial charge in [0.05, 0.1) is 12.7 Å². The number of alkyl halides is 1. The Morgan fingerprint density at radius 3 is 2.81 bits per heavy atom. The van der Waals surface area contributed by atoms with Crippen molar-refractivity contribution in [3.05, 3.63) is 23.8 Å². The summed E-state index contributed by atoms with van der Waals surface area (Å²) in [7, 11) is 0. The van der Waals surface area contributed by atoms with Crippen molar-refractivity contribution in [3.8, 4) is 0 Å². The molecule has 1 N–H and O–H groups in total. The van der Waals surface area contributed by atoms with Gasteiger partial charge in [-0.1, -0.05) is 11.6 Å². The fourth-order valence-corrected chi connectivity index (χ4v) is 6.39. The van der Waals surface area contributed by atoms with E-state index in [4.69, 9.17) is 4.74 Å². The standard InChI is InChI=1S/C21H27FO4/c1-13(23)26-12-20-9-10-21(22)17(16(20)5-6-18(20)25)4-3-14-11-15(24)7-8-19(14,21)2/h7-8,11,16-18,25H,3-6,9-10,12H2,1-2H3/t16-,17-,18?,19-,20+,21+/m0/s1. The van der Waals surface area contributed by atoms with Gasteiger partial charge >= 0.3 is 5.97 Å². The third-order valence-electron chi connectivity index (χ3n) is 7.88. The molecular weight excluding hydrogens is 335 g/mol. The second-order valence-corrected chi connectivity index (χ2v) is 8.83. The number of fused-ring (bicyclic) bond motifs is 5. The smallest absolute Gasteiger partial charge is 0.302 e. The highest BCUT2D eigenvalue weighted by molar-refractivity contribution is 6.01. The summed E-state index contributed by atoms with van der Waals surface area (Å²) in [6.07, 6.45) is 7.92. The highest BCUT2D eigenvalue weighted by Gasteiger charge is 2.67.